The fourth-order valence-corrected chi connectivity index (χ4v) is 2.69. The van der Waals surface area contributed by atoms with E-state index in [1.165, 1.54) is 4.88 Å². The Balaban J connectivity index is 2.19. The lowest BCUT2D eigenvalue weighted by Crippen LogP contribution is -2.02. The van der Waals surface area contributed by atoms with Crippen molar-refractivity contribution in [2.75, 3.05) is 12.4 Å². The van der Waals surface area contributed by atoms with Gasteiger partial charge in [0.15, 0.2) is 0 Å². The van der Waals surface area contributed by atoms with Crippen LogP contribution in [0.25, 0.3) is 0 Å². The number of hydrogen-bond acceptors (Lipinski definition) is 4. The Hall–Kier alpha value is -1.07. The SMILES string of the molecule is COc1cc(Br)cc(C)c1NCc1cncs1. The van der Waals surface area contributed by atoms with Crippen LogP contribution in [0, 0.1) is 6.92 Å². The first-order chi connectivity index (χ1) is 8.20. The predicted octanol–water partition coefficient (Wildman–Crippen LogP) is 3.83. The Labute approximate surface area is 113 Å². The van der Waals surface area contributed by atoms with E-state index in [2.05, 4.69) is 39.2 Å². The molecule has 2 aromatic rings. The number of anilines is 1. The van der Waals surface area contributed by atoms with Gasteiger partial charge in [-0.15, -0.1) is 11.3 Å². The Morgan fingerprint density at radius 1 is 1.47 bits per heavy atom. The van der Waals surface area contributed by atoms with Gasteiger partial charge in [-0.1, -0.05) is 15.9 Å². The van der Waals surface area contributed by atoms with Crippen molar-refractivity contribution in [2.45, 2.75) is 13.5 Å². The molecule has 1 aromatic carbocycles. The Morgan fingerprint density at radius 2 is 2.29 bits per heavy atom. The molecule has 0 unspecified atom stereocenters. The third-order valence-electron chi connectivity index (χ3n) is 2.41. The number of benzene rings is 1. The fraction of sp³-hybridized carbons (Fsp3) is 0.250. The second kappa shape index (κ2) is 5.51. The third kappa shape index (κ3) is 2.98. The molecule has 1 heterocycles. The molecule has 0 aliphatic rings. The number of methoxy groups -OCH3 is 1. The van der Waals surface area contributed by atoms with Crippen LogP contribution in [0.4, 0.5) is 5.69 Å². The number of ether oxygens (including phenoxy) is 1. The zero-order valence-electron chi connectivity index (χ0n) is 9.66. The summed E-state index contributed by atoms with van der Waals surface area (Å²) in [6.07, 6.45) is 1.87. The maximum Gasteiger partial charge on any atom is 0.143 e. The first-order valence-electron chi connectivity index (χ1n) is 5.16. The zero-order valence-corrected chi connectivity index (χ0v) is 12.1. The second-order valence-electron chi connectivity index (χ2n) is 3.62. The molecule has 0 fully saturated rings. The van der Waals surface area contributed by atoms with Gasteiger partial charge in [-0.3, -0.25) is 4.98 Å². The minimum atomic E-state index is 0.767. The molecule has 0 saturated heterocycles. The third-order valence-corrected chi connectivity index (χ3v) is 3.64. The van der Waals surface area contributed by atoms with E-state index in [1.807, 2.05) is 17.8 Å². The van der Waals surface area contributed by atoms with Gasteiger partial charge in [0, 0.05) is 15.5 Å². The molecule has 17 heavy (non-hydrogen) atoms. The van der Waals surface area contributed by atoms with E-state index >= 15 is 0 Å². The maximum atomic E-state index is 5.37. The van der Waals surface area contributed by atoms with Crippen LogP contribution in [-0.4, -0.2) is 12.1 Å². The number of hydrogen-bond donors (Lipinski definition) is 1. The lowest BCUT2D eigenvalue weighted by molar-refractivity contribution is 0.416. The highest BCUT2D eigenvalue weighted by atomic mass is 79.9. The molecule has 2 rings (SSSR count). The lowest BCUT2D eigenvalue weighted by atomic mass is 10.2. The maximum absolute atomic E-state index is 5.37. The van der Waals surface area contributed by atoms with Crippen LogP contribution in [-0.2, 0) is 6.54 Å². The summed E-state index contributed by atoms with van der Waals surface area (Å²) in [7, 11) is 1.68. The summed E-state index contributed by atoms with van der Waals surface area (Å²) in [5, 5.41) is 3.39. The van der Waals surface area contributed by atoms with Gasteiger partial charge in [0.2, 0.25) is 0 Å². The van der Waals surface area contributed by atoms with Gasteiger partial charge in [-0.25, -0.2) is 0 Å². The molecule has 1 aromatic heterocycles. The highest BCUT2D eigenvalue weighted by Gasteiger charge is 2.08. The predicted molar refractivity (Wildman–Crippen MR) is 74.9 cm³/mol. The number of thiazole rings is 1. The van der Waals surface area contributed by atoms with E-state index < -0.39 is 0 Å². The molecule has 1 N–H and O–H groups in total. The number of nitrogens with one attached hydrogen (secondary N) is 1. The van der Waals surface area contributed by atoms with Crippen molar-refractivity contribution in [3.63, 3.8) is 0 Å². The van der Waals surface area contributed by atoms with E-state index in [1.54, 1.807) is 18.4 Å². The Bertz CT molecular complexity index is 499. The molecule has 90 valence electrons. The number of rotatable bonds is 4. The molecule has 0 saturated carbocycles. The largest absolute Gasteiger partial charge is 0.495 e. The van der Waals surface area contributed by atoms with Crippen LogP contribution < -0.4 is 10.1 Å². The van der Waals surface area contributed by atoms with Gasteiger partial charge in [-0.05, 0) is 24.6 Å². The van der Waals surface area contributed by atoms with Crippen LogP contribution >= 0.6 is 27.3 Å². The number of nitrogens with zero attached hydrogens (tertiary/aromatic N) is 1. The van der Waals surface area contributed by atoms with Crippen molar-refractivity contribution in [2.24, 2.45) is 0 Å². The highest BCUT2D eigenvalue weighted by Crippen LogP contribution is 2.32. The average molecular weight is 313 g/mol. The summed E-state index contributed by atoms with van der Waals surface area (Å²) < 4.78 is 6.40. The fourth-order valence-electron chi connectivity index (χ4n) is 1.60. The summed E-state index contributed by atoms with van der Waals surface area (Å²) in [5.74, 6) is 0.849. The minimum absolute atomic E-state index is 0.767. The number of halogens is 1. The van der Waals surface area contributed by atoms with E-state index in [0.717, 1.165) is 28.0 Å². The van der Waals surface area contributed by atoms with Gasteiger partial charge in [-0.2, -0.15) is 0 Å². The summed E-state index contributed by atoms with van der Waals surface area (Å²) in [6.45, 7) is 2.83. The van der Waals surface area contributed by atoms with E-state index in [4.69, 9.17) is 4.74 Å². The molecule has 0 radical (unpaired) electrons. The number of aromatic nitrogens is 1. The van der Waals surface area contributed by atoms with Crippen molar-refractivity contribution in [3.8, 4) is 5.75 Å². The topological polar surface area (TPSA) is 34.1 Å². The van der Waals surface area contributed by atoms with E-state index in [9.17, 15) is 0 Å². The summed E-state index contributed by atoms with van der Waals surface area (Å²) in [5.41, 5.74) is 4.02. The molecular formula is C12H13BrN2OS. The van der Waals surface area contributed by atoms with E-state index in [0.29, 0.717) is 0 Å². The zero-order chi connectivity index (χ0) is 12.3. The molecule has 3 nitrogen and oxygen atoms in total. The first-order valence-corrected chi connectivity index (χ1v) is 6.83. The van der Waals surface area contributed by atoms with Crippen molar-refractivity contribution >= 4 is 33.0 Å². The van der Waals surface area contributed by atoms with Crippen LogP contribution in [0.15, 0.2) is 28.3 Å². The van der Waals surface area contributed by atoms with Gasteiger partial charge in [0.25, 0.3) is 0 Å². The molecule has 0 aliphatic heterocycles. The van der Waals surface area contributed by atoms with Crippen LogP contribution in [0.1, 0.15) is 10.4 Å². The van der Waals surface area contributed by atoms with Crippen molar-refractivity contribution in [3.05, 3.63) is 38.8 Å². The highest BCUT2D eigenvalue weighted by molar-refractivity contribution is 9.10. The number of aryl methyl sites for hydroxylation is 1. The normalized spacial score (nSPS) is 10.3. The summed E-state index contributed by atoms with van der Waals surface area (Å²) >= 11 is 5.10. The molecule has 0 aliphatic carbocycles. The smallest absolute Gasteiger partial charge is 0.143 e. The standard InChI is InChI=1S/C12H13BrN2OS/c1-8-3-9(13)4-11(16-2)12(8)15-6-10-5-14-7-17-10/h3-5,7,15H,6H2,1-2H3. The van der Waals surface area contributed by atoms with Crippen molar-refractivity contribution in [1.29, 1.82) is 0 Å². The molecular weight excluding hydrogens is 300 g/mol. The molecule has 0 amide bonds. The van der Waals surface area contributed by atoms with Gasteiger partial charge in [0.05, 0.1) is 24.9 Å². The second-order valence-corrected chi connectivity index (χ2v) is 5.51. The Morgan fingerprint density at radius 3 is 2.94 bits per heavy atom. The quantitative estimate of drug-likeness (QED) is 0.931. The van der Waals surface area contributed by atoms with Gasteiger partial charge >= 0.3 is 0 Å². The average Bonchev–Trinajstić information content (AvgIpc) is 2.79. The van der Waals surface area contributed by atoms with Crippen LogP contribution in [0.5, 0.6) is 5.75 Å². The summed E-state index contributed by atoms with van der Waals surface area (Å²) in [4.78, 5) is 5.26. The molecule has 5 heteroatoms. The van der Waals surface area contributed by atoms with Gasteiger partial charge < -0.3 is 10.1 Å². The molecule has 0 atom stereocenters. The van der Waals surface area contributed by atoms with Crippen LogP contribution in [0.2, 0.25) is 0 Å². The summed E-state index contributed by atoms with van der Waals surface area (Å²) in [6, 6.07) is 4.03. The van der Waals surface area contributed by atoms with Crippen molar-refractivity contribution in [1.82, 2.24) is 4.98 Å². The molecule has 0 spiro atoms. The monoisotopic (exact) mass is 312 g/mol. The first kappa shape index (κ1) is 12.4. The lowest BCUT2D eigenvalue weighted by Gasteiger charge is -2.13. The Kier molecular flexibility index (Phi) is 4.02. The minimum Gasteiger partial charge on any atom is -0.495 e. The van der Waals surface area contributed by atoms with E-state index in [-0.39, 0.29) is 0 Å². The van der Waals surface area contributed by atoms with Crippen LogP contribution in [0.3, 0.4) is 0 Å². The van der Waals surface area contributed by atoms with Crippen molar-refractivity contribution < 1.29 is 4.74 Å². The van der Waals surface area contributed by atoms with Gasteiger partial charge in [0.1, 0.15) is 5.75 Å². The molecule has 0 bridgehead atoms.